The fourth-order valence-corrected chi connectivity index (χ4v) is 5.31. The van der Waals surface area contributed by atoms with Crippen LogP contribution in [0.5, 0.6) is 0 Å². The van der Waals surface area contributed by atoms with Gasteiger partial charge < -0.3 is 4.90 Å². The summed E-state index contributed by atoms with van der Waals surface area (Å²) >= 11 is 0. The maximum atomic E-state index is 13.1. The molecule has 1 saturated heterocycles. The first-order valence-electron chi connectivity index (χ1n) is 10.5. The second-order valence-corrected chi connectivity index (χ2v) is 11.2. The fraction of sp³-hybridized carbons (Fsp3) is 0.545. The molecule has 0 saturated carbocycles. The van der Waals surface area contributed by atoms with Gasteiger partial charge in [-0.15, -0.1) is 0 Å². The van der Waals surface area contributed by atoms with Gasteiger partial charge in [0, 0.05) is 24.6 Å². The van der Waals surface area contributed by atoms with Crippen molar-refractivity contribution in [2.45, 2.75) is 58.5 Å². The van der Waals surface area contributed by atoms with Crippen molar-refractivity contribution < 1.29 is 13.2 Å². The van der Waals surface area contributed by atoms with E-state index in [1.54, 1.807) is 9.58 Å². The molecule has 3 rings (SSSR count). The average molecular weight is 433 g/mol. The summed E-state index contributed by atoms with van der Waals surface area (Å²) in [6, 6.07) is 11.3. The third-order valence-corrected chi connectivity index (χ3v) is 7.04. The molecule has 7 nitrogen and oxygen atoms in total. The molecule has 2 heterocycles. The molecule has 2 amide bonds. The Balaban J connectivity index is 1.86. The number of carbonyl (C=O) groups excluding carboxylic acids is 1. The summed E-state index contributed by atoms with van der Waals surface area (Å²) in [5.74, 6) is 0.774. The molecule has 0 aliphatic carbocycles. The van der Waals surface area contributed by atoms with Gasteiger partial charge in [0.05, 0.1) is 23.2 Å². The van der Waals surface area contributed by atoms with E-state index in [1.165, 1.54) is 0 Å². The van der Waals surface area contributed by atoms with Gasteiger partial charge in [-0.25, -0.2) is 17.9 Å². The Morgan fingerprint density at radius 1 is 1.27 bits per heavy atom. The van der Waals surface area contributed by atoms with Crippen LogP contribution >= 0.6 is 0 Å². The number of nitrogens with one attached hydrogen (secondary N) is 1. The lowest BCUT2D eigenvalue weighted by Crippen LogP contribution is -2.36. The average Bonchev–Trinajstić information content (AvgIpc) is 3.25. The van der Waals surface area contributed by atoms with E-state index in [1.807, 2.05) is 43.3 Å². The highest BCUT2D eigenvalue weighted by atomic mass is 32.2. The number of aromatic nitrogens is 2. The van der Waals surface area contributed by atoms with Crippen molar-refractivity contribution in [1.82, 2.24) is 14.7 Å². The number of anilines is 1. The van der Waals surface area contributed by atoms with Gasteiger partial charge >= 0.3 is 6.03 Å². The van der Waals surface area contributed by atoms with E-state index in [4.69, 9.17) is 5.10 Å². The lowest BCUT2D eigenvalue weighted by atomic mass is 9.92. The first-order valence-corrected chi connectivity index (χ1v) is 12.3. The second-order valence-electron chi connectivity index (χ2n) is 9.00. The Morgan fingerprint density at radius 3 is 2.53 bits per heavy atom. The summed E-state index contributed by atoms with van der Waals surface area (Å²) in [6.07, 6.45) is 1.35. The van der Waals surface area contributed by atoms with Crippen LogP contribution in [0, 0.1) is 0 Å². The summed E-state index contributed by atoms with van der Waals surface area (Å²) in [4.78, 5) is 14.9. The molecule has 1 unspecified atom stereocenters. The van der Waals surface area contributed by atoms with Gasteiger partial charge in [-0.05, 0) is 18.4 Å². The molecule has 1 N–H and O–H groups in total. The lowest BCUT2D eigenvalue weighted by molar-refractivity contribution is 0.209. The van der Waals surface area contributed by atoms with E-state index >= 15 is 0 Å². The van der Waals surface area contributed by atoms with Crippen LogP contribution in [0.1, 0.15) is 57.8 Å². The van der Waals surface area contributed by atoms with Crippen molar-refractivity contribution in [3.8, 4) is 0 Å². The van der Waals surface area contributed by atoms with Gasteiger partial charge in [0.25, 0.3) is 0 Å². The summed E-state index contributed by atoms with van der Waals surface area (Å²) in [5.41, 5.74) is 1.68. The zero-order chi connectivity index (χ0) is 21.9. The van der Waals surface area contributed by atoms with Gasteiger partial charge in [0.15, 0.2) is 9.84 Å². The van der Waals surface area contributed by atoms with Crippen molar-refractivity contribution in [1.29, 1.82) is 0 Å². The number of carbonyl (C=O) groups is 1. The highest BCUT2D eigenvalue weighted by molar-refractivity contribution is 7.91. The fourth-order valence-electron chi connectivity index (χ4n) is 3.62. The van der Waals surface area contributed by atoms with Crippen LogP contribution in [0.3, 0.4) is 0 Å². The van der Waals surface area contributed by atoms with E-state index in [9.17, 15) is 13.2 Å². The van der Waals surface area contributed by atoms with E-state index in [0.717, 1.165) is 17.7 Å². The van der Waals surface area contributed by atoms with Crippen LogP contribution in [-0.2, 0) is 21.8 Å². The van der Waals surface area contributed by atoms with Crippen LogP contribution in [0.25, 0.3) is 0 Å². The molecular weight excluding hydrogens is 400 g/mol. The number of sulfone groups is 1. The van der Waals surface area contributed by atoms with Crippen LogP contribution in [-0.4, -0.2) is 47.2 Å². The largest absolute Gasteiger partial charge is 0.323 e. The van der Waals surface area contributed by atoms with Gasteiger partial charge in [-0.2, -0.15) is 5.10 Å². The molecule has 30 heavy (non-hydrogen) atoms. The van der Waals surface area contributed by atoms with Crippen LogP contribution in [0.2, 0.25) is 0 Å². The van der Waals surface area contributed by atoms with Crippen molar-refractivity contribution in [2.24, 2.45) is 0 Å². The van der Waals surface area contributed by atoms with E-state index in [0.29, 0.717) is 25.3 Å². The first kappa shape index (κ1) is 22.3. The molecule has 0 radical (unpaired) electrons. The maximum Gasteiger partial charge on any atom is 0.323 e. The number of benzene rings is 1. The molecule has 1 aromatic heterocycles. The summed E-state index contributed by atoms with van der Waals surface area (Å²) in [6.45, 7) is 9.33. The topological polar surface area (TPSA) is 84.3 Å². The smallest absolute Gasteiger partial charge is 0.320 e. The van der Waals surface area contributed by atoms with Gasteiger partial charge in [-0.3, -0.25) is 5.32 Å². The lowest BCUT2D eigenvalue weighted by Gasteiger charge is -2.23. The Bertz CT molecular complexity index is 978. The molecule has 0 bridgehead atoms. The maximum absolute atomic E-state index is 13.1. The number of urea groups is 1. The van der Waals surface area contributed by atoms with E-state index < -0.39 is 9.84 Å². The Kier molecular flexibility index (Phi) is 6.55. The molecule has 1 aliphatic heterocycles. The van der Waals surface area contributed by atoms with Crippen LogP contribution in [0.15, 0.2) is 36.4 Å². The minimum absolute atomic E-state index is 0.0593. The standard InChI is InChI=1S/C22H32N4O3S/c1-5-12-25(15-17-9-7-6-8-10-17)21(27)23-20-14-19(22(2,3)4)24-26(20)18-11-13-30(28,29)16-18/h6-10,14,18H,5,11-13,15-16H2,1-4H3,(H,23,27). The van der Waals surface area contributed by atoms with Crippen molar-refractivity contribution >= 4 is 21.7 Å². The minimum atomic E-state index is -3.06. The molecule has 164 valence electrons. The molecule has 8 heteroatoms. The van der Waals surface area contributed by atoms with Crippen molar-refractivity contribution in [3.63, 3.8) is 0 Å². The molecule has 1 fully saturated rings. The van der Waals surface area contributed by atoms with Crippen LogP contribution in [0.4, 0.5) is 10.6 Å². The van der Waals surface area contributed by atoms with E-state index in [-0.39, 0.29) is 29.0 Å². The SMILES string of the molecule is CCCN(Cc1ccccc1)C(=O)Nc1cc(C(C)(C)C)nn1C1CCS(=O)(=O)C1. The van der Waals surface area contributed by atoms with E-state index in [2.05, 4.69) is 26.1 Å². The van der Waals surface area contributed by atoms with Gasteiger partial charge in [0.2, 0.25) is 0 Å². The zero-order valence-electron chi connectivity index (χ0n) is 18.3. The number of rotatable bonds is 6. The summed E-state index contributed by atoms with van der Waals surface area (Å²) < 4.78 is 25.7. The summed E-state index contributed by atoms with van der Waals surface area (Å²) in [5, 5.41) is 7.70. The number of hydrogen-bond acceptors (Lipinski definition) is 4. The predicted octanol–water partition coefficient (Wildman–Crippen LogP) is 3.98. The molecule has 1 aliphatic rings. The third-order valence-electron chi connectivity index (χ3n) is 5.29. The number of nitrogens with zero attached hydrogens (tertiary/aromatic N) is 3. The normalized spacial score (nSPS) is 18.3. The van der Waals surface area contributed by atoms with Crippen LogP contribution < -0.4 is 5.32 Å². The molecular formula is C22H32N4O3S. The monoisotopic (exact) mass is 432 g/mol. The molecule has 0 spiro atoms. The van der Waals surface area contributed by atoms with Gasteiger partial charge in [0.1, 0.15) is 5.82 Å². The Labute approximate surface area is 179 Å². The van der Waals surface area contributed by atoms with Crippen molar-refractivity contribution in [2.75, 3.05) is 23.4 Å². The third kappa shape index (κ3) is 5.41. The molecule has 1 aromatic carbocycles. The zero-order valence-corrected chi connectivity index (χ0v) is 19.1. The van der Waals surface area contributed by atoms with Crippen molar-refractivity contribution in [3.05, 3.63) is 47.7 Å². The number of hydrogen-bond donors (Lipinski definition) is 1. The second kappa shape index (κ2) is 8.79. The number of amides is 2. The quantitative estimate of drug-likeness (QED) is 0.748. The first-order chi connectivity index (χ1) is 14.1. The molecule has 1 atom stereocenters. The minimum Gasteiger partial charge on any atom is -0.320 e. The van der Waals surface area contributed by atoms with Gasteiger partial charge in [-0.1, -0.05) is 58.0 Å². The molecule has 2 aromatic rings. The Hall–Kier alpha value is -2.35. The predicted molar refractivity (Wildman–Crippen MR) is 119 cm³/mol. The Morgan fingerprint density at radius 2 is 1.97 bits per heavy atom. The highest BCUT2D eigenvalue weighted by Gasteiger charge is 2.33. The summed E-state index contributed by atoms with van der Waals surface area (Å²) in [7, 11) is -3.06. The highest BCUT2D eigenvalue weighted by Crippen LogP contribution is 2.31.